The molecule has 2 atom stereocenters. The fraction of sp³-hybridized carbons (Fsp3) is 0.929. The van der Waals surface area contributed by atoms with E-state index in [1.807, 2.05) is 0 Å². The van der Waals surface area contributed by atoms with Crippen LogP contribution in [0, 0.1) is 16.7 Å². The van der Waals surface area contributed by atoms with Gasteiger partial charge in [0.2, 0.25) is 5.92 Å². The summed E-state index contributed by atoms with van der Waals surface area (Å²) >= 11 is 0. The van der Waals surface area contributed by atoms with Gasteiger partial charge < -0.3 is 15.2 Å². The SMILES string of the molecule is N#CC1(CC(O)CNC2CCC(F)(F)C2)CCOCC1. The lowest BCUT2D eigenvalue weighted by Gasteiger charge is -2.32. The molecule has 6 heteroatoms. The fourth-order valence-corrected chi connectivity index (χ4v) is 3.07. The van der Waals surface area contributed by atoms with Gasteiger partial charge in [-0.25, -0.2) is 8.78 Å². The van der Waals surface area contributed by atoms with Gasteiger partial charge >= 0.3 is 0 Å². The number of halogens is 2. The van der Waals surface area contributed by atoms with E-state index in [-0.39, 0.29) is 25.4 Å². The Balaban J connectivity index is 1.75. The van der Waals surface area contributed by atoms with E-state index in [0.717, 1.165) is 0 Å². The first-order chi connectivity index (χ1) is 9.45. The van der Waals surface area contributed by atoms with E-state index in [4.69, 9.17) is 4.74 Å². The summed E-state index contributed by atoms with van der Waals surface area (Å²) in [5.41, 5.74) is -0.529. The van der Waals surface area contributed by atoms with Crippen LogP contribution < -0.4 is 5.32 Å². The van der Waals surface area contributed by atoms with E-state index >= 15 is 0 Å². The lowest BCUT2D eigenvalue weighted by Crippen LogP contribution is -2.39. The van der Waals surface area contributed by atoms with Crippen molar-refractivity contribution in [3.63, 3.8) is 0 Å². The number of nitrogens with one attached hydrogen (secondary N) is 1. The summed E-state index contributed by atoms with van der Waals surface area (Å²) < 4.78 is 31.3. The largest absolute Gasteiger partial charge is 0.392 e. The number of alkyl halides is 2. The molecule has 1 saturated heterocycles. The van der Waals surface area contributed by atoms with Crippen LogP contribution in [0.15, 0.2) is 0 Å². The monoisotopic (exact) mass is 288 g/mol. The zero-order valence-corrected chi connectivity index (χ0v) is 11.6. The molecule has 1 aliphatic heterocycles. The Morgan fingerprint density at radius 2 is 2.05 bits per heavy atom. The molecule has 0 spiro atoms. The molecule has 2 fully saturated rings. The van der Waals surface area contributed by atoms with Gasteiger partial charge in [0.25, 0.3) is 0 Å². The third-order valence-electron chi connectivity index (χ3n) is 4.36. The van der Waals surface area contributed by atoms with Gasteiger partial charge in [-0.1, -0.05) is 0 Å². The van der Waals surface area contributed by atoms with Crippen LogP contribution in [0.2, 0.25) is 0 Å². The molecule has 2 N–H and O–H groups in total. The second-order valence-corrected chi connectivity index (χ2v) is 6.07. The van der Waals surface area contributed by atoms with Crippen molar-refractivity contribution in [3.05, 3.63) is 0 Å². The first-order valence-electron chi connectivity index (χ1n) is 7.23. The molecule has 2 rings (SSSR count). The Labute approximate surface area is 118 Å². The van der Waals surface area contributed by atoms with Gasteiger partial charge in [0.1, 0.15) is 0 Å². The van der Waals surface area contributed by atoms with Crippen molar-refractivity contribution in [2.75, 3.05) is 19.8 Å². The molecule has 0 aromatic heterocycles. The number of aliphatic hydroxyl groups excluding tert-OH is 1. The van der Waals surface area contributed by atoms with Crippen molar-refractivity contribution in [3.8, 4) is 6.07 Å². The average Bonchev–Trinajstić information content (AvgIpc) is 2.77. The highest BCUT2D eigenvalue weighted by Gasteiger charge is 2.40. The van der Waals surface area contributed by atoms with E-state index in [1.165, 1.54) is 0 Å². The van der Waals surface area contributed by atoms with Crippen molar-refractivity contribution in [2.45, 2.75) is 56.6 Å². The predicted octanol–water partition coefficient (Wildman–Crippen LogP) is 1.84. The molecule has 2 aliphatic rings. The molecule has 0 amide bonds. The average molecular weight is 288 g/mol. The van der Waals surface area contributed by atoms with Crippen molar-refractivity contribution < 1.29 is 18.6 Å². The Hall–Kier alpha value is -0.770. The van der Waals surface area contributed by atoms with Gasteiger partial charge in [0.15, 0.2) is 0 Å². The Morgan fingerprint density at radius 1 is 1.35 bits per heavy atom. The number of hydrogen-bond donors (Lipinski definition) is 2. The molecule has 20 heavy (non-hydrogen) atoms. The molecular weight excluding hydrogens is 266 g/mol. The minimum Gasteiger partial charge on any atom is -0.392 e. The maximum absolute atomic E-state index is 13.0. The molecule has 0 radical (unpaired) electrons. The van der Waals surface area contributed by atoms with E-state index in [1.54, 1.807) is 0 Å². The summed E-state index contributed by atoms with van der Waals surface area (Å²) in [6.45, 7) is 1.36. The Kier molecular flexibility index (Phi) is 4.95. The van der Waals surface area contributed by atoms with E-state index in [2.05, 4.69) is 11.4 Å². The second kappa shape index (κ2) is 6.33. The Bertz CT molecular complexity index is 365. The molecule has 114 valence electrons. The summed E-state index contributed by atoms with van der Waals surface area (Å²) in [4.78, 5) is 0. The minimum absolute atomic E-state index is 0.0831. The highest BCUT2D eigenvalue weighted by atomic mass is 19.3. The van der Waals surface area contributed by atoms with Crippen molar-refractivity contribution in [1.29, 1.82) is 5.26 Å². The molecular formula is C14H22F2N2O2. The lowest BCUT2D eigenvalue weighted by molar-refractivity contribution is 0.00432. The Morgan fingerprint density at radius 3 is 2.60 bits per heavy atom. The molecule has 4 nitrogen and oxygen atoms in total. The van der Waals surface area contributed by atoms with Gasteiger partial charge in [-0.2, -0.15) is 5.26 Å². The van der Waals surface area contributed by atoms with Gasteiger partial charge in [0.05, 0.1) is 17.6 Å². The summed E-state index contributed by atoms with van der Waals surface area (Å²) in [5, 5.41) is 22.3. The van der Waals surface area contributed by atoms with Crippen molar-refractivity contribution in [2.24, 2.45) is 5.41 Å². The second-order valence-electron chi connectivity index (χ2n) is 6.07. The molecule has 0 bridgehead atoms. The predicted molar refractivity (Wildman–Crippen MR) is 69.3 cm³/mol. The molecule has 0 aromatic rings. The smallest absolute Gasteiger partial charge is 0.249 e. The van der Waals surface area contributed by atoms with Gasteiger partial charge in [-0.15, -0.1) is 0 Å². The molecule has 0 aromatic carbocycles. The lowest BCUT2D eigenvalue weighted by atomic mass is 9.77. The topological polar surface area (TPSA) is 65.3 Å². The maximum atomic E-state index is 13.0. The van der Waals surface area contributed by atoms with Gasteiger partial charge in [-0.3, -0.25) is 0 Å². The van der Waals surface area contributed by atoms with Crippen LogP contribution in [0.25, 0.3) is 0 Å². The zero-order chi connectivity index (χ0) is 14.6. The van der Waals surface area contributed by atoms with Gasteiger partial charge in [-0.05, 0) is 25.7 Å². The number of nitrogens with zero attached hydrogens (tertiary/aromatic N) is 1. The quantitative estimate of drug-likeness (QED) is 0.810. The van der Waals surface area contributed by atoms with Crippen LogP contribution in [-0.2, 0) is 4.74 Å². The zero-order valence-electron chi connectivity index (χ0n) is 11.6. The number of rotatable bonds is 5. The fourth-order valence-electron chi connectivity index (χ4n) is 3.07. The van der Waals surface area contributed by atoms with E-state index < -0.39 is 17.4 Å². The van der Waals surface area contributed by atoms with Crippen LogP contribution in [-0.4, -0.2) is 42.9 Å². The third-order valence-corrected chi connectivity index (χ3v) is 4.36. The normalized spacial score (nSPS) is 29.8. The summed E-state index contributed by atoms with van der Waals surface area (Å²) in [6, 6.07) is 2.07. The van der Waals surface area contributed by atoms with Crippen LogP contribution in [0.5, 0.6) is 0 Å². The molecule has 1 heterocycles. The van der Waals surface area contributed by atoms with Crippen LogP contribution in [0.1, 0.15) is 38.5 Å². The van der Waals surface area contributed by atoms with Crippen molar-refractivity contribution in [1.82, 2.24) is 5.32 Å². The molecule has 1 aliphatic carbocycles. The third kappa shape index (κ3) is 4.11. The standard InChI is InChI=1S/C14H22F2N2O2/c15-14(16)2-1-11(7-14)18-9-12(19)8-13(10-17)3-5-20-6-4-13/h11-12,18-19H,1-9H2. The summed E-state index contributed by atoms with van der Waals surface area (Å²) in [6.07, 6.45) is 1.16. The first-order valence-corrected chi connectivity index (χ1v) is 7.23. The van der Waals surface area contributed by atoms with E-state index in [0.29, 0.717) is 38.9 Å². The molecule has 1 saturated carbocycles. The first kappa shape index (κ1) is 15.6. The van der Waals surface area contributed by atoms with E-state index in [9.17, 15) is 19.1 Å². The number of nitriles is 1. The molecule has 2 unspecified atom stereocenters. The number of ether oxygens (including phenoxy) is 1. The van der Waals surface area contributed by atoms with Crippen molar-refractivity contribution >= 4 is 0 Å². The highest BCUT2D eigenvalue weighted by Crippen LogP contribution is 2.36. The number of hydrogen-bond acceptors (Lipinski definition) is 4. The summed E-state index contributed by atoms with van der Waals surface area (Å²) in [5.74, 6) is -2.57. The van der Waals surface area contributed by atoms with Gasteiger partial charge in [0, 0.05) is 38.6 Å². The highest BCUT2D eigenvalue weighted by molar-refractivity contribution is 5.01. The van der Waals surface area contributed by atoms with Crippen LogP contribution in [0.3, 0.4) is 0 Å². The minimum atomic E-state index is -2.57. The number of aliphatic hydroxyl groups is 1. The van der Waals surface area contributed by atoms with Crippen LogP contribution in [0.4, 0.5) is 8.78 Å². The maximum Gasteiger partial charge on any atom is 0.249 e. The summed E-state index contributed by atoms with van der Waals surface area (Å²) in [7, 11) is 0. The van der Waals surface area contributed by atoms with Crippen LogP contribution >= 0.6 is 0 Å².